The van der Waals surface area contributed by atoms with Crippen molar-refractivity contribution in [2.75, 3.05) is 11.9 Å². The molecule has 19 heavy (non-hydrogen) atoms. The molecule has 104 valence electrons. The van der Waals surface area contributed by atoms with Crippen LogP contribution >= 0.6 is 27.5 Å². The Morgan fingerprint density at radius 3 is 2.74 bits per heavy atom. The minimum atomic E-state index is -0.541. The van der Waals surface area contributed by atoms with Gasteiger partial charge >= 0.3 is 0 Å². The zero-order chi connectivity index (χ0) is 13.8. The standard InChI is InChI=1S/C14H16BrClFNO/c15-7-2-8-18(11-3-1-4-11)14(19)12-6-5-10(16)9-13(12)17/h5-6,9,11H,1-4,7-8H2. The molecule has 1 aliphatic rings. The smallest absolute Gasteiger partial charge is 0.257 e. The predicted molar refractivity (Wildman–Crippen MR) is 78.5 cm³/mol. The molecule has 1 aromatic rings. The van der Waals surface area contributed by atoms with Crippen molar-refractivity contribution in [2.45, 2.75) is 31.7 Å². The molecule has 0 spiro atoms. The molecular formula is C14H16BrClFNO. The molecule has 0 saturated heterocycles. The average molecular weight is 349 g/mol. The van der Waals surface area contributed by atoms with Gasteiger partial charge in [0.2, 0.25) is 0 Å². The zero-order valence-electron chi connectivity index (χ0n) is 10.5. The average Bonchev–Trinajstić information content (AvgIpc) is 2.31. The van der Waals surface area contributed by atoms with Gasteiger partial charge in [0.15, 0.2) is 0 Å². The second-order valence-electron chi connectivity index (χ2n) is 4.75. The third kappa shape index (κ3) is 3.48. The summed E-state index contributed by atoms with van der Waals surface area (Å²) < 4.78 is 13.8. The lowest BCUT2D eigenvalue weighted by Crippen LogP contribution is -2.45. The molecule has 0 radical (unpaired) electrons. The Bertz CT molecular complexity index is 465. The number of amides is 1. The van der Waals surface area contributed by atoms with Crippen molar-refractivity contribution in [1.82, 2.24) is 4.90 Å². The van der Waals surface area contributed by atoms with Gasteiger partial charge in [-0.15, -0.1) is 0 Å². The van der Waals surface area contributed by atoms with E-state index in [2.05, 4.69) is 15.9 Å². The first-order valence-corrected chi connectivity index (χ1v) is 7.95. The SMILES string of the molecule is O=C(c1ccc(Cl)cc1F)N(CCCBr)C1CCC1. The van der Waals surface area contributed by atoms with E-state index in [9.17, 15) is 9.18 Å². The predicted octanol–water partition coefficient (Wildman–Crippen LogP) is 4.26. The molecule has 1 amide bonds. The quantitative estimate of drug-likeness (QED) is 0.728. The first-order valence-electron chi connectivity index (χ1n) is 6.45. The third-order valence-corrected chi connectivity index (χ3v) is 4.27. The van der Waals surface area contributed by atoms with E-state index in [4.69, 9.17) is 11.6 Å². The van der Waals surface area contributed by atoms with Gasteiger partial charge in [0.25, 0.3) is 5.91 Å². The van der Waals surface area contributed by atoms with Crippen molar-refractivity contribution in [2.24, 2.45) is 0 Å². The van der Waals surface area contributed by atoms with Gasteiger partial charge in [-0.2, -0.15) is 0 Å². The largest absolute Gasteiger partial charge is 0.336 e. The van der Waals surface area contributed by atoms with Crippen LogP contribution in [0.25, 0.3) is 0 Å². The fraction of sp³-hybridized carbons (Fsp3) is 0.500. The first kappa shape index (κ1) is 14.8. The molecule has 2 rings (SSSR count). The van der Waals surface area contributed by atoms with E-state index in [-0.39, 0.29) is 17.5 Å². The van der Waals surface area contributed by atoms with Crippen molar-refractivity contribution in [3.63, 3.8) is 0 Å². The Hall–Kier alpha value is -0.610. The highest BCUT2D eigenvalue weighted by Gasteiger charge is 2.30. The van der Waals surface area contributed by atoms with Gasteiger partial charge < -0.3 is 4.90 Å². The van der Waals surface area contributed by atoms with E-state index in [1.165, 1.54) is 12.1 Å². The maximum atomic E-state index is 13.8. The second-order valence-corrected chi connectivity index (χ2v) is 5.98. The summed E-state index contributed by atoms with van der Waals surface area (Å²) in [6, 6.07) is 4.49. The summed E-state index contributed by atoms with van der Waals surface area (Å²) in [5, 5.41) is 1.15. The van der Waals surface area contributed by atoms with E-state index in [0.29, 0.717) is 11.6 Å². The molecule has 0 aliphatic heterocycles. The highest BCUT2D eigenvalue weighted by molar-refractivity contribution is 9.09. The van der Waals surface area contributed by atoms with Crippen molar-refractivity contribution in [3.8, 4) is 0 Å². The Morgan fingerprint density at radius 2 is 2.21 bits per heavy atom. The number of carbonyl (C=O) groups excluding carboxylic acids is 1. The molecule has 0 bridgehead atoms. The number of carbonyl (C=O) groups is 1. The number of benzene rings is 1. The van der Waals surface area contributed by atoms with Gasteiger partial charge in [-0.3, -0.25) is 4.79 Å². The van der Waals surface area contributed by atoms with Crippen LogP contribution in [0.15, 0.2) is 18.2 Å². The summed E-state index contributed by atoms with van der Waals surface area (Å²) in [5.74, 6) is -0.763. The molecular weight excluding hydrogens is 333 g/mol. The molecule has 0 heterocycles. The molecule has 0 aromatic heterocycles. The number of halogens is 3. The van der Waals surface area contributed by atoms with E-state index < -0.39 is 5.82 Å². The number of alkyl halides is 1. The zero-order valence-corrected chi connectivity index (χ0v) is 12.9. The van der Waals surface area contributed by atoms with Crippen molar-refractivity contribution < 1.29 is 9.18 Å². The van der Waals surface area contributed by atoms with E-state index in [1.807, 2.05) is 0 Å². The highest BCUT2D eigenvalue weighted by atomic mass is 79.9. The van der Waals surface area contributed by atoms with Crippen LogP contribution in [0, 0.1) is 5.82 Å². The van der Waals surface area contributed by atoms with Gasteiger partial charge in [0.05, 0.1) is 5.56 Å². The van der Waals surface area contributed by atoms with E-state index >= 15 is 0 Å². The van der Waals surface area contributed by atoms with Crippen LogP contribution in [0.3, 0.4) is 0 Å². The van der Waals surface area contributed by atoms with Gasteiger partial charge in [-0.1, -0.05) is 27.5 Å². The lowest BCUT2D eigenvalue weighted by atomic mass is 9.90. The monoisotopic (exact) mass is 347 g/mol. The Morgan fingerprint density at radius 1 is 1.47 bits per heavy atom. The molecule has 0 unspecified atom stereocenters. The number of nitrogens with zero attached hydrogens (tertiary/aromatic N) is 1. The van der Waals surface area contributed by atoms with E-state index in [1.54, 1.807) is 11.0 Å². The maximum Gasteiger partial charge on any atom is 0.257 e. The summed E-state index contributed by atoms with van der Waals surface area (Å²) >= 11 is 9.08. The van der Waals surface area contributed by atoms with Gasteiger partial charge in [-0.05, 0) is 43.9 Å². The fourth-order valence-corrected chi connectivity index (χ4v) is 2.61. The summed E-state index contributed by atoms with van der Waals surface area (Å²) in [6.45, 7) is 0.664. The summed E-state index contributed by atoms with van der Waals surface area (Å²) in [6.07, 6.45) is 4.05. The first-order chi connectivity index (χ1) is 9.13. The molecule has 0 N–H and O–H groups in total. The third-order valence-electron chi connectivity index (χ3n) is 3.47. The molecule has 0 atom stereocenters. The van der Waals surface area contributed by atoms with Crippen LogP contribution in [-0.2, 0) is 0 Å². The number of rotatable bonds is 5. The van der Waals surface area contributed by atoms with Crippen LogP contribution < -0.4 is 0 Å². The van der Waals surface area contributed by atoms with Crippen LogP contribution in [0.2, 0.25) is 5.02 Å². The molecule has 1 aliphatic carbocycles. The topological polar surface area (TPSA) is 20.3 Å². The van der Waals surface area contributed by atoms with Crippen molar-refractivity contribution in [3.05, 3.63) is 34.6 Å². The molecule has 5 heteroatoms. The van der Waals surface area contributed by atoms with Gasteiger partial charge in [0, 0.05) is 22.9 Å². The van der Waals surface area contributed by atoms with Crippen LogP contribution in [0.5, 0.6) is 0 Å². The summed E-state index contributed by atoms with van der Waals surface area (Å²) in [7, 11) is 0. The highest BCUT2D eigenvalue weighted by Crippen LogP contribution is 2.27. The Balaban J connectivity index is 2.17. The fourth-order valence-electron chi connectivity index (χ4n) is 2.20. The molecule has 1 saturated carbocycles. The van der Waals surface area contributed by atoms with Crippen LogP contribution in [-0.4, -0.2) is 28.7 Å². The second kappa shape index (κ2) is 6.71. The Kier molecular flexibility index (Phi) is 5.22. The van der Waals surface area contributed by atoms with Crippen molar-refractivity contribution in [1.29, 1.82) is 0 Å². The summed E-state index contributed by atoms with van der Waals surface area (Å²) in [4.78, 5) is 14.2. The normalized spacial score (nSPS) is 15.1. The Labute approximate surface area is 126 Å². The lowest BCUT2D eigenvalue weighted by Gasteiger charge is -2.37. The minimum absolute atomic E-state index is 0.117. The minimum Gasteiger partial charge on any atom is -0.336 e. The molecule has 1 fully saturated rings. The van der Waals surface area contributed by atoms with Crippen LogP contribution in [0.1, 0.15) is 36.0 Å². The molecule has 1 aromatic carbocycles. The molecule has 2 nitrogen and oxygen atoms in total. The van der Waals surface area contributed by atoms with Crippen molar-refractivity contribution >= 4 is 33.4 Å². The number of hydrogen-bond acceptors (Lipinski definition) is 1. The summed E-state index contributed by atoms with van der Waals surface area (Å²) in [5.41, 5.74) is 0.117. The lowest BCUT2D eigenvalue weighted by molar-refractivity contribution is 0.0576. The van der Waals surface area contributed by atoms with Gasteiger partial charge in [0.1, 0.15) is 5.82 Å². The maximum absolute atomic E-state index is 13.8. The van der Waals surface area contributed by atoms with Gasteiger partial charge in [-0.25, -0.2) is 4.39 Å². The van der Waals surface area contributed by atoms with Crippen LogP contribution in [0.4, 0.5) is 4.39 Å². The van der Waals surface area contributed by atoms with E-state index in [0.717, 1.165) is 31.0 Å². The number of hydrogen-bond donors (Lipinski definition) is 0.